The Bertz CT molecular complexity index is 3670. The summed E-state index contributed by atoms with van der Waals surface area (Å²) in [7, 11) is 0. The van der Waals surface area contributed by atoms with Gasteiger partial charge in [-0.25, -0.2) is 0 Å². The summed E-state index contributed by atoms with van der Waals surface area (Å²) in [6, 6.07) is 62.1. The predicted molar refractivity (Wildman–Crippen MR) is 254 cm³/mol. The Morgan fingerprint density at radius 1 is 0.484 bits per heavy atom. The molecule has 1 atom stereocenters. The molecule has 1 unspecified atom stereocenters. The van der Waals surface area contributed by atoms with Gasteiger partial charge >= 0.3 is 0 Å². The average Bonchev–Trinajstić information content (AvgIpc) is 3.97. The van der Waals surface area contributed by atoms with E-state index in [0.717, 1.165) is 51.0 Å². The standard InChI is InChI=1S/C59H37NO2/c1-2-13-37-32-41(28-24-36(37)12-1)60-52-33-38(25-29-45(52)46-30-26-40(34-53(46)60)42-17-11-23-56-58(42)47-16-5-9-21-54(47)61-56)39-27-31-51-57(35-39)62-55-22-10-8-20-50(55)59(51)48-18-6-3-14-43(48)44-15-4-7-19-49(44)59/h1-31,33-35,37H,32H2. The Balaban J connectivity index is 0.975. The molecule has 3 heterocycles. The van der Waals surface area contributed by atoms with Crippen LogP contribution in [0.25, 0.3) is 82.8 Å². The van der Waals surface area contributed by atoms with Crippen molar-refractivity contribution >= 4 is 49.4 Å². The van der Waals surface area contributed by atoms with Gasteiger partial charge < -0.3 is 13.7 Å². The van der Waals surface area contributed by atoms with Crippen molar-refractivity contribution in [2.75, 3.05) is 0 Å². The smallest absolute Gasteiger partial charge is 0.136 e. The number of furan rings is 1. The van der Waals surface area contributed by atoms with E-state index in [1.807, 2.05) is 6.07 Å². The minimum Gasteiger partial charge on any atom is -0.457 e. The van der Waals surface area contributed by atoms with Crippen molar-refractivity contribution in [1.29, 1.82) is 0 Å². The van der Waals surface area contributed by atoms with Crippen molar-refractivity contribution in [2.24, 2.45) is 5.92 Å². The summed E-state index contributed by atoms with van der Waals surface area (Å²) < 4.78 is 15.8. The highest BCUT2D eigenvalue weighted by Crippen LogP contribution is 2.62. The summed E-state index contributed by atoms with van der Waals surface area (Å²) in [5.74, 6) is 2.13. The zero-order valence-electron chi connectivity index (χ0n) is 33.7. The number of hydrogen-bond acceptors (Lipinski definition) is 2. The van der Waals surface area contributed by atoms with Crippen LogP contribution in [0.15, 0.2) is 216 Å². The molecule has 0 radical (unpaired) electrons. The first-order valence-electron chi connectivity index (χ1n) is 21.6. The van der Waals surface area contributed by atoms with Crippen LogP contribution in [-0.4, -0.2) is 4.57 Å². The maximum atomic E-state index is 6.93. The van der Waals surface area contributed by atoms with Crippen LogP contribution in [0.3, 0.4) is 0 Å². The molecule has 8 aromatic carbocycles. The zero-order valence-corrected chi connectivity index (χ0v) is 33.7. The van der Waals surface area contributed by atoms with E-state index in [-0.39, 0.29) is 0 Å². The van der Waals surface area contributed by atoms with E-state index in [1.165, 1.54) is 77.6 Å². The number of hydrogen-bond donors (Lipinski definition) is 0. The molecule has 0 bridgehead atoms. The molecule has 1 spiro atoms. The molecular weight excluding hydrogens is 755 g/mol. The summed E-state index contributed by atoms with van der Waals surface area (Å²) in [4.78, 5) is 0. The van der Waals surface area contributed by atoms with Gasteiger partial charge in [-0.05, 0) is 99.0 Å². The van der Waals surface area contributed by atoms with Crippen molar-refractivity contribution in [3.05, 3.63) is 234 Å². The number of aromatic nitrogens is 1. The van der Waals surface area contributed by atoms with Crippen LogP contribution in [0.4, 0.5) is 0 Å². The molecule has 290 valence electrons. The van der Waals surface area contributed by atoms with Crippen LogP contribution < -0.4 is 4.74 Å². The first-order chi connectivity index (χ1) is 30.7. The monoisotopic (exact) mass is 791 g/mol. The van der Waals surface area contributed by atoms with Crippen LogP contribution >= 0.6 is 0 Å². The van der Waals surface area contributed by atoms with Crippen LogP contribution in [0.1, 0.15) is 28.7 Å². The Hall–Kier alpha value is -7.88. The van der Waals surface area contributed by atoms with Crippen LogP contribution in [0.2, 0.25) is 0 Å². The number of benzene rings is 8. The third kappa shape index (κ3) is 4.54. The van der Waals surface area contributed by atoms with Gasteiger partial charge in [0.05, 0.1) is 16.4 Å². The van der Waals surface area contributed by atoms with Crippen molar-refractivity contribution in [1.82, 2.24) is 4.57 Å². The fourth-order valence-corrected chi connectivity index (χ4v) is 11.3. The summed E-state index contributed by atoms with van der Waals surface area (Å²) in [5.41, 5.74) is 18.5. The molecule has 4 aliphatic rings. The lowest BCUT2D eigenvalue weighted by Gasteiger charge is -2.39. The van der Waals surface area contributed by atoms with Crippen molar-refractivity contribution in [2.45, 2.75) is 11.8 Å². The van der Waals surface area contributed by atoms with Gasteiger partial charge in [-0.15, -0.1) is 0 Å². The number of ether oxygens (including phenoxy) is 1. The summed E-state index contributed by atoms with van der Waals surface area (Å²) in [5, 5.41) is 4.76. The summed E-state index contributed by atoms with van der Waals surface area (Å²) in [6.07, 6.45) is 14.5. The van der Waals surface area contributed by atoms with Gasteiger partial charge in [-0.2, -0.15) is 0 Å². The average molecular weight is 792 g/mol. The van der Waals surface area contributed by atoms with Gasteiger partial charge in [-0.3, -0.25) is 0 Å². The molecular formula is C59H37NO2. The molecule has 0 saturated carbocycles. The molecule has 0 saturated heterocycles. The molecule has 0 amide bonds. The molecule has 3 nitrogen and oxygen atoms in total. The second-order valence-electron chi connectivity index (χ2n) is 17.1. The first-order valence-corrected chi connectivity index (χ1v) is 21.6. The Morgan fingerprint density at radius 2 is 1.13 bits per heavy atom. The van der Waals surface area contributed by atoms with Gasteiger partial charge in [-0.1, -0.05) is 164 Å². The molecule has 10 aromatic rings. The minimum atomic E-state index is -0.486. The van der Waals surface area contributed by atoms with Crippen LogP contribution in [0.5, 0.6) is 11.5 Å². The van der Waals surface area contributed by atoms with E-state index in [4.69, 9.17) is 9.15 Å². The number of rotatable bonds is 3. The van der Waals surface area contributed by atoms with E-state index in [0.29, 0.717) is 5.92 Å². The van der Waals surface area contributed by atoms with Crippen molar-refractivity contribution < 1.29 is 9.15 Å². The van der Waals surface area contributed by atoms with Gasteiger partial charge in [0, 0.05) is 44.3 Å². The van der Waals surface area contributed by atoms with Crippen molar-refractivity contribution in [3.63, 3.8) is 0 Å². The predicted octanol–water partition coefficient (Wildman–Crippen LogP) is 15.4. The molecule has 0 fully saturated rings. The lowest BCUT2D eigenvalue weighted by molar-refractivity contribution is 0.436. The summed E-state index contributed by atoms with van der Waals surface area (Å²) >= 11 is 0. The van der Waals surface area contributed by atoms with Crippen LogP contribution in [0, 0.1) is 5.92 Å². The van der Waals surface area contributed by atoms with E-state index in [2.05, 4.69) is 205 Å². The molecule has 3 aliphatic carbocycles. The second-order valence-corrected chi connectivity index (χ2v) is 17.1. The van der Waals surface area contributed by atoms with Gasteiger partial charge in [0.2, 0.25) is 0 Å². The molecule has 14 rings (SSSR count). The number of fused-ring (bicyclic) bond motifs is 16. The normalized spacial score (nSPS) is 16.5. The van der Waals surface area contributed by atoms with Crippen LogP contribution in [-0.2, 0) is 5.41 Å². The SMILES string of the molecule is C1=CC2=CC=C(n3c4cc(-c5ccc6c(c5)Oc5ccccc5C65c6ccccc6-c6ccccc65)ccc4c4ccc(-c5cccc6oc7ccccc7c56)cc43)CC2C=C1. The van der Waals surface area contributed by atoms with Gasteiger partial charge in [0.25, 0.3) is 0 Å². The van der Waals surface area contributed by atoms with Gasteiger partial charge in [0.1, 0.15) is 22.7 Å². The lowest BCUT2D eigenvalue weighted by Crippen LogP contribution is -2.32. The largest absolute Gasteiger partial charge is 0.457 e. The first kappa shape index (κ1) is 33.9. The topological polar surface area (TPSA) is 27.3 Å². The molecule has 3 heteroatoms. The fourth-order valence-electron chi connectivity index (χ4n) is 11.3. The van der Waals surface area contributed by atoms with Gasteiger partial charge in [0.15, 0.2) is 0 Å². The van der Waals surface area contributed by atoms with E-state index in [9.17, 15) is 0 Å². The van der Waals surface area contributed by atoms with E-state index >= 15 is 0 Å². The fraction of sp³-hybridized carbons (Fsp3) is 0.0508. The minimum absolute atomic E-state index is 0.337. The van der Waals surface area contributed by atoms with E-state index < -0.39 is 5.41 Å². The molecule has 1 aliphatic heterocycles. The molecule has 2 aromatic heterocycles. The van der Waals surface area contributed by atoms with Crippen molar-refractivity contribution in [3.8, 4) is 44.9 Å². The molecule has 0 N–H and O–H groups in total. The maximum Gasteiger partial charge on any atom is 0.136 e. The Morgan fingerprint density at radius 3 is 1.97 bits per heavy atom. The third-order valence-corrected chi connectivity index (χ3v) is 14.0. The molecule has 62 heavy (non-hydrogen) atoms. The number of para-hydroxylation sites is 2. The zero-order chi connectivity index (χ0) is 40.5. The highest BCUT2D eigenvalue weighted by molar-refractivity contribution is 6.15. The maximum absolute atomic E-state index is 6.93. The summed E-state index contributed by atoms with van der Waals surface area (Å²) in [6.45, 7) is 0. The second kappa shape index (κ2) is 12.6. The quantitative estimate of drug-likeness (QED) is 0.178. The number of allylic oxidation sites excluding steroid dienone is 8. The van der Waals surface area contributed by atoms with E-state index in [1.54, 1.807) is 0 Å². The highest BCUT2D eigenvalue weighted by atomic mass is 16.5. The third-order valence-electron chi connectivity index (χ3n) is 14.0. The highest BCUT2D eigenvalue weighted by Gasteiger charge is 2.50. The Labute approximate surface area is 358 Å². The lowest BCUT2D eigenvalue weighted by atomic mass is 9.66. The Kier molecular flexibility index (Phi) is 6.88. The number of nitrogens with zero attached hydrogens (tertiary/aromatic N) is 1.